The topological polar surface area (TPSA) is 80.6 Å². The lowest BCUT2D eigenvalue weighted by molar-refractivity contribution is 0.101. The largest absolute Gasteiger partial charge is 0.355 e. The fourth-order valence-electron chi connectivity index (χ4n) is 3.88. The molecule has 2 aromatic carbocycles. The molecule has 6 nitrogen and oxygen atoms in total. The maximum atomic E-state index is 13.0. The number of aromatic amines is 1. The van der Waals surface area contributed by atoms with Gasteiger partial charge in [0.05, 0.1) is 18.0 Å². The van der Waals surface area contributed by atoms with E-state index in [1.807, 2.05) is 66.1 Å². The van der Waals surface area contributed by atoms with Gasteiger partial charge in [0.15, 0.2) is 22.5 Å². The van der Waals surface area contributed by atoms with Gasteiger partial charge in [0.1, 0.15) is 0 Å². The maximum Gasteiger partial charge on any atom is 0.192 e. The number of hydrogen-bond donors (Lipinski definition) is 1. The van der Waals surface area contributed by atoms with Crippen molar-refractivity contribution in [3.8, 4) is 11.4 Å². The fraction of sp³-hybridized carbons (Fsp3) is 0.200. The summed E-state index contributed by atoms with van der Waals surface area (Å²) in [5.41, 5.74) is 4.45. The zero-order valence-electron chi connectivity index (χ0n) is 18.6. The number of aryl methyl sites for hydroxylation is 1. The summed E-state index contributed by atoms with van der Waals surface area (Å²) in [6.45, 7) is 5.69. The fourth-order valence-corrected chi connectivity index (χ4v) is 4.81. The summed E-state index contributed by atoms with van der Waals surface area (Å²) in [5, 5.41) is 10.1. The molecule has 2 aromatic heterocycles. The van der Waals surface area contributed by atoms with E-state index in [0.29, 0.717) is 45.1 Å². The van der Waals surface area contributed by atoms with Gasteiger partial charge < -0.3 is 4.98 Å². The number of H-pyrrole nitrogens is 1. The van der Waals surface area contributed by atoms with Crippen LogP contribution in [0, 0.1) is 13.8 Å². The van der Waals surface area contributed by atoms with Gasteiger partial charge in [0.25, 0.3) is 0 Å². The van der Waals surface area contributed by atoms with Crippen molar-refractivity contribution >= 4 is 34.9 Å². The Labute approximate surface area is 201 Å². The van der Waals surface area contributed by atoms with E-state index >= 15 is 0 Å². The van der Waals surface area contributed by atoms with Crippen molar-refractivity contribution in [3.05, 3.63) is 87.7 Å². The number of thioether (sulfide) groups is 1. The second-order valence-electron chi connectivity index (χ2n) is 7.78. The number of hydrogen-bond acceptors (Lipinski definition) is 5. The third-order valence-electron chi connectivity index (χ3n) is 5.40. The molecule has 0 radical (unpaired) electrons. The summed E-state index contributed by atoms with van der Waals surface area (Å²) >= 11 is 7.38. The van der Waals surface area contributed by atoms with E-state index in [2.05, 4.69) is 15.2 Å². The Kier molecular flexibility index (Phi) is 6.81. The zero-order chi connectivity index (χ0) is 23.5. The molecule has 0 bridgehead atoms. The normalized spacial score (nSPS) is 11.0. The summed E-state index contributed by atoms with van der Waals surface area (Å²) < 4.78 is 2.00. The highest BCUT2D eigenvalue weighted by Crippen LogP contribution is 2.27. The molecule has 0 amide bonds. The van der Waals surface area contributed by atoms with E-state index in [0.717, 1.165) is 11.1 Å². The average Bonchev–Trinajstić information content (AvgIpc) is 3.33. The van der Waals surface area contributed by atoms with Crippen molar-refractivity contribution in [1.82, 2.24) is 19.7 Å². The van der Waals surface area contributed by atoms with Crippen molar-refractivity contribution in [2.75, 3.05) is 5.75 Å². The lowest BCUT2D eigenvalue weighted by Gasteiger charge is -2.10. The van der Waals surface area contributed by atoms with E-state index in [-0.39, 0.29) is 17.3 Å². The molecule has 1 N–H and O–H groups in total. The number of rotatable bonds is 8. The Balaban J connectivity index is 1.62. The molecule has 4 aromatic rings. The van der Waals surface area contributed by atoms with Crippen LogP contribution in [0.3, 0.4) is 0 Å². The molecule has 0 aliphatic rings. The Morgan fingerprint density at radius 2 is 1.73 bits per heavy atom. The third-order valence-corrected chi connectivity index (χ3v) is 6.62. The summed E-state index contributed by atoms with van der Waals surface area (Å²) in [6, 6.07) is 17.5. The van der Waals surface area contributed by atoms with Gasteiger partial charge in [0.2, 0.25) is 0 Å². The van der Waals surface area contributed by atoms with Gasteiger partial charge in [-0.15, -0.1) is 10.2 Å². The number of benzene rings is 2. The minimum Gasteiger partial charge on any atom is -0.355 e. The molecule has 0 aliphatic heterocycles. The number of halogens is 1. The van der Waals surface area contributed by atoms with Gasteiger partial charge >= 0.3 is 0 Å². The number of Topliss-reactive ketones (excluding diaryl/α,β-unsaturated/α-hetero) is 2. The van der Waals surface area contributed by atoms with Crippen molar-refractivity contribution in [2.24, 2.45) is 0 Å². The number of carbonyl (C=O) groups is 2. The van der Waals surface area contributed by atoms with Crippen LogP contribution in [-0.2, 0) is 6.54 Å². The number of carbonyl (C=O) groups excluding carboxylic acids is 2. The monoisotopic (exact) mass is 478 g/mol. The first-order valence-electron chi connectivity index (χ1n) is 10.4. The highest BCUT2D eigenvalue weighted by Gasteiger charge is 2.21. The molecule has 0 unspecified atom stereocenters. The van der Waals surface area contributed by atoms with Gasteiger partial charge in [-0.3, -0.25) is 14.2 Å². The lowest BCUT2D eigenvalue weighted by atomic mass is 10.1. The summed E-state index contributed by atoms with van der Waals surface area (Å²) in [5.74, 6) is 0.737. The molecule has 33 heavy (non-hydrogen) atoms. The second kappa shape index (κ2) is 9.77. The molecule has 168 valence electrons. The molecule has 0 atom stereocenters. The SMILES string of the molecule is CC(=O)c1c(C)[nH]c(C(=O)CSc2nnc(-c3ccc(Cl)cc3)n2Cc2ccccc2)c1C. The quantitative estimate of drug-likeness (QED) is 0.257. The Hall–Kier alpha value is -3.16. The molecule has 8 heteroatoms. The van der Waals surface area contributed by atoms with Crippen molar-refractivity contribution in [2.45, 2.75) is 32.5 Å². The number of ketones is 2. The Morgan fingerprint density at radius 3 is 2.36 bits per heavy atom. The van der Waals surface area contributed by atoms with E-state index in [4.69, 9.17) is 11.6 Å². The molecule has 2 heterocycles. The standard InChI is InChI=1S/C25H23ClN4O2S/c1-15-22(17(3)31)16(2)27-23(15)21(32)14-33-25-29-28-24(19-9-11-20(26)12-10-19)30(25)13-18-7-5-4-6-8-18/h4-12,27H,13-14H2,1-3H3. The minimum atomic E-state index is -0.0876. The van der Waals surface area contributed by atoms with Crippen LogP contribution in [0.15, 0.2) is 59.8 Å². The molecular formula is C25H23ClN4O2S. The molecular weight excluding hydrogens is 456 g/mol. The van der Waals surface area contributed by atoms with Crippen molar-refractivity contribution in [1.29, 1.82) is 0 Å². The van der Waals surface area contributed by atoms with Crippen molar-refractivity contribution in [3.63, 3.8) is 0 Å². The van der Waals surface area contributed by atoms with Crippen LogP contribution < -0.4 is 0 Å². The maximum absolute atomic E-state index is 13.0. The predicted molar refractivity (Wildman–Crippen MR) is 131 cm³/mol. The molecule has 0 saturated heterocycles. The van der Waals surface area contributed by atoms with E-state index in [1.54, 1.807) is 6.92 Å². The van der Waals surface area contributed by atoms with Crippen molar-refractivity contribution < 1.29 is 9.59 Å². The van der Waals surface area contributed by atoms with E-state index in [1.165, 1.54) is 18.7 Å². The molecule has 0 fully saturated rings. The third kappa shape index (κ3) is 4.94. The van der Waals surface area contributed by atoms with Gasteiger partial charge in [-0.05, 0) is 56.2 Å². The molecule has 0 aliphatic carbocycles. The van der Waals surface area contributed by atoms with Gasteiger partial charge in [-0.1, -0.05) is 53.7 Å². The van der Waals surface area contributed by atoms with Crippen LogP contribution in [0.1, 0.15) is 44.6 Å². The van der Waals surface area contributed by atoms with Crippen LogP contribution in [0.2, 0.25) is 5.02 Å². The van der Waals surface area contributed by atoms with E-state index < -0.39 is 0 Å². The van der Waals surface area contributed by atoms with Gasteiger partial charge in [-0.2, -0.15) is 0 Å². The number of aromatic nitrogens is 4. The Bertz CT molecular complexity index is 1310. The summed E-state index contributed by atoms with van der Waals surface area (Å²) in [7, 11) is 0. The highest BCUT2D eigenvalue weighted by atomic mass is 35.5. The molecule has 0 spiro atoms. The number of nitrogens with zero attached hydrogens (tertiary/aromatic N) is 3. The van der Waals surface area contributed by atoms with Crippen LogP contribution in [0.25, 0.3) is 11.4 Å². The van der Waals surface area contributed by atoms with Crippen LogP contribution in [0.4, 0.5) is 0 Å². The molecule has 0 saturated carbocycles. The average molecular weight is 479 g/mol. The Morgan fingerprint density at radius 1 is 1.03 bits per heavy atom. The summed E-state index contributed by atoms with van der Waals surface area (Å²) in [4.78, 5) is 28.0. The van der Waals surface area contributed by atoms with Gasteiger partial charge in [-0.25, -0.2) is 0 Å². The summed E-state index contributed by atoms with van der Waals surface area (Å²) in [6.07, 6.45) is 0. The molecule has 4 rings (SSSR count). The smallest absolute Gasteiger partial charge is 0.192 e. The predicted octanol–water partition coefficient (Wildman–Crippen LogP) is 5.77. The van der Waals surface area contributed by atoms with Crippen LogP contribution >= 0.6 is 23.4 Å². The lowest BCUT2D eigenvalue weighted by Crippen LogP contribution is -2.08. The highest BCUT2D eigenvalue weighted by molar-refractivity contribution is 7.99. The second-order valence-corrected chi connectivity index (χ2v) is 9.16. The van der Waals surface area contributed by atoms with Crippen LogP contribution in [0.5, 0.6) is 0 Å². The number of nitrogens with one attached hydrogen (secondary N) is 1. The van der Waals surface area contributed by atoms with E-state index in [9.17, 15) is 9.59 Å². The zero-order valence-corrected chi connectivity index (χ0v) is 20.1. The first kappa shape index (κ1) is 23.0. The minimum absolute atomic E-state index is 0.0526. The first-order valence-corrected chi connectivity index (χ1v) is 11.8. The van der Waals surface area contributed by atoms with Crippen LogP contribution in [-0.4, -0.2) is 37.1 Å². The van der Waals surface area contributed by atoms with Gasteiger partial charge in [0, 0.05) is 21.8 Å². The first-order chi connectivity index (χ1) is 15.8.